The summed E-state index contributed by atoms with van der Waals surface area (Å²) in [5.41, 5.74) is -2.00. The Hall–Kier alpha value is -2.01. The zero-order chi connectivity index (χ0) is 17.1. The van der Waals surface area contributed by atoms with E-state index in [9.17, 15) is 27.7 Å². The molecule has 0 aliphatic rings. The van der Waals surface area contributed by atoms with E-state index in [0.29, 0.717) is 6.07 Å². The number of rotatable bonds is 7. The highest BCUT2D eigenvalue weighted by Gasteiger charge is 2.29. The smallest absolute Gasteiger partial charge is 0.336 e. The zero-order valence-corrected chi connectivity index (χ0v) is 12.0. The molecule has 0 aliphatic heterocycles. The van der Waals surface area contributed by atoms with Crippen molar-refractivity contribution in [3.05, 3.63) is 28.3 Å². The Balaban J connectivity index is 3.97. The summed E-state index contributed by atoms with van der Waals surface area (Å²) in [6.45, 7) is -1.18. The molecule has 0 radical (unpaired) electrons. The molecule has 0 saturated heterocycles. The molecular formula is C12H14O9S. The lowest BCUT2D eigenvalue weighted by Crippen LogP contribution is -2.19. The summed E-state index contributed by atoms with van der Waals surface area (Å²) in [5.74, 6) is -3.23. The van der Waals surface area contributed by atoms with Crippen molar-refractivity contribution in [3.8, 4) is 0 Å². The van der Waals surface area contributed by atoms with Gasteiger partial charge in [-0.05, 0) is 30.0 Å². The number of aliphatic hydroxyl groups excluding tert-OH is 2. The fraction of sp³-hybridized carbons (Fsp3) is 0.333. The topological polar surface area (TPSA) is 169 Å². The average Bonchev–Trinajstić information content (AvgIpc) is 2.37. The number of aliphatic hydroxyl groups is 2. The van der Waals surface area contributed by atoms with Gasteiger partial charge in [0, 0.05) is 13.2 Å². The maximum absolute atomic E-state index is 11.4. The highest BCUT2D eigenvalue weighted by molar-refractivity contribution is 7.85. The predicted octanol–water partition coefficient (Wildman–Crippen LogP) is -0.601. The molecule has 122 valence electrons. The third kappa shape index (κ3) is 3.60. The lowest BCUT2D eigenvalue weighted by atomic mass is 9.92. The molecule has 0 saturated carbocycles. The molecule has 0 aliphatic carbocycles. The Bertz CT molecular complexity index is 706. The summed E-state index contributed by atoms with van der Waals surface area (Å²) in [4.78, 5) is 21.7. The van der Waals surface area contributed by atoms with Gasteiger partial charge in [0.05, 0.1) is 16.0 Å². The van der Waals surface area contributed by atoms with Gasteiger partial charge in [-0.2, -0.15) is 8.42 Å². The molecule has 1 aromatic rings. The molecule has 10 heteroatoms. The van der Waals surface area contributed by atoms with Crippen molar-refractivity contribution in [1.29, 1.82) is 0 Å². The molecule has 0 atom stereocenters. The van der Waals surface area contributed by atoms with Crippen LogP contribution in [-0.2, 0) is 23.0 Å². The van der Waals surface area contributed by atoms with Crippen LogP contribution in [0.3, 0.4) is 0 Å². The number of carboxylic acids is 2. The molecule has 0 unspecified atom stereocenters. The highest BCUT2D eigenvalue weighted by Crippen LogP contribution is 2.28. The van der Waals surface area contributed by atoms with Crippen LogP contribution in [-0.4, -0.2) is 58.5 Å². The van der Waals surface area contributed by atoms with Crippen LogP contribution in [0, 0.1) is 0 Å². The molecule has 9 nitrogen and oxygen atoms in total. The molecule has 1 rings (SSSR count). The summed E-state index contributed by atoms with van der Waals surface area (Å²) >= 11 is 0. The van der Waals surface area contributed by atoms with Gasteiger partial charge in [-0.3, -0.25) is 4.55 Å². The van der Waals surface area contributed by atoms with Crippen molar-refractivity contribution >= 4 is 22.1 Å². The Morgan fingerprint density at radius 3 is 1.82 bits per heavy atom. The average molecular weight is 334 g/mol. The molecule has 0 aromatic heterocycles. The largest absolute Gasteiger partial charge is 0.478 e. The molecule has 0 fully saturated rings. The SMILES string of the molecule is O=C(O)c1cc(S(=O)(=O)O)c(CCO)c(C(=O)O)c1CCO. The van der Waals surface area contributed by atoms with Crippen LogP contribution in [0.1, 0.15) is 31.8 Å². The molecule has 0 bridgehead atoms. The first-order chi connectivity index (χ1) is 10.1. The molecule has 0 heterocycles. The normalized spacial score (nSPS) is 11.4. The van der Waals surface area contributed by atoms with Gasteiger partial charge in [-0.1, -0.05) is 0 Å². The minimum absolute atomic E-state index is 0.279. The molecule has 5 N–H and O–H groups in total. The van der Waals surface area contributed by atoms with Gasteiger partial charge in [0.25, 0.3) is 10.1 Å². The second kappa shape index (κ2) is 6.83. The van der Waals surface area contributed by atoms with Crippen LogP contribution in [0.4, 0.5) is 0 Å². The van der Waals surface area contributed by atoms with E-state index in [1.807, 2.05) is 0 Å². The maximum atomic E-state index is 11.4. The minimum atomic E-state index is -4.90. The fourth-order valence-electron chi connectivity index (χ4n) is 2.16. The van der Waals surface area contributed by atoms with Crippen molar-refractivity contribution in [2.45, 2.75) is 17.7 Å². The summed E-state index contributed by atoms with van der Waals surface area (Å²) in [5, 5.41) is 36.3. The number of carbonyl (C=O) groups is 2. The summed E-state index contributed by atoms with van der Waals surface area (Å²) < 4.78 is 32.0. The van der Waals surface area contributed by atoms with E-state index >= 15 is 0 Å². The predicted molar refractivity (Wildman–Crippen MR) is 71.8 cm³/mol. The van der Waals surface area contributed by atoms with Crippen LogP contribution in [0.2, 0.25) is 0 Å². The third-order valence-electron chi connectivity index (χ3n) is 2.95. The van der Waals surface area contributed by atoms with Crippen molar-refractivity contribution in [3.63, 3.8) is 0 Å². The fourth-order valence-corrected chi connectivity index (χ4v) is 2.94. The standard InChI is InChI=1S/C12H14O9S/c13-3-1-6-8(11(15)16)5-9(22(19,20)21)7(2-4-14)10(6)12(17)18/h5,13-14H,1-4H2,(H,15,16)(H,17,18)(H,19,20,21). The Labute approximate surface area is 125 Å². The van der Waals surface area contributed by atoms with Gasteiger partial charge in [0.1, 0.15) is 0 Å². The van der Waals surface area contributed by atoms with Gasteiger partial charge in [0.15, 0.2) is 0 Å². The van der Waals surface area contributed by atoms with Crippen LogP contribution in [0.25, 0.3) is 0 Å². The van der Waals surface area contributed by atoms with E-state index in [0.717, 1.165) is 0 Å². The second-order valence-corrected chi connectivity index (χ2v) is 5.68. The second-order valence-electron chi connectivity index (χ2n) is 4.29. The van der Waals surface area contributed by atoms with Crippen LogP contribution < -0.4 is 0 Å². The van der Waals surface area contributed by atoms with E-state index < -0.39 is 63.3 Å². The van der Waals surface area contributed by atoms with Gasteiger partial charge in [0.2, 0.25) is 0 Å². The quantitative estimate of drug-likeness (QED) is 0.408. The van der Waals surface area contributed by atoms with E-state index in [1.165, 1.54) is 0 Å². The van der Waals surface area contributed by atoms with Crippen molar-refractivity contribution in [1.82, 2.24) is 0 Å². The third-order valence-corrected chi connectivity index (χ3v) is 3.87. The van der Waals surface area contributed by atoms with Gasteiger partial charge < -0.3 is 20.4 Å². The van der Waals surface area contributed by atoms with Gasteiger partial charge in [-0.25, -0.2) is 9.59 Å². The first-order valence-electron chi connectivity index (χ1n) is 5.99. The number of benzene rings is 1. The Morgan fingerprint density at radius 1 is 0.955 bits per heavy atom. The van der Waals surface area contributed by atoms with Gasteiger partial charge in [-0.15, -0.1) is 0 Å². The summed E-state index contributed by atoms with van der Waals surface area (Å²) in [6.07, 6.45) is -0.761. The number of hydrogen-bond donors (Lipinski definition) is 5. The molecular weight excluding hydrogens is 320 g/mol. The minimum Gasteiger partial charge on any atom is -0.478 e. The lowest BCUT2D eigenvalue weighted by Gasteiger charge is -2.16. The monoisotopic (exact) mass is 334 g/mol. The van der Waals surface area contributed by atoms with Crippen LogP contribution in [0.5, 0.6) is 0 Å². The lowest BCUT2D eigenvalue weighted by molar-refractivity contribution is 0.0693. The zero-order valence-electron chi connectivity index (χ0n) is 11.2. The molecule has 0 amide bonds. The van der Waals surface area contributed by atoms with E-state index in [2.05, 4.69) is 0 Å². The molecule has 0 spiro atoms. The van der Waals surface area contributed by atoms with Crippen LogP contribution in [0.15, 0.2) is 11.0 Å². The van der Waals surface area contributed by atoms with Crippen molar-refractivity contribution in [2.24, 2.45) is 0 Å². The highest BCUT2D eigenvalue weighted by atomic mass is 32.2. The number of carboxylic acid groups (broad SMARTS) is 2. The first kappa shape index (κ1) is 18.0. The summed E-state index contributed by atoms with van der Waals surface area (Å²) in [7, 11) is -4.90. The summed E-state index contributed by atoms with van der Waals surface area (Å²) in [6, 6.07) is 0.625. The maximum Gasteiger partial charge on any atom is 0.336 e. The number of aromatic carboxylic acids is 2. The van der Waals surface area contributed by atoms with E-state index in [-0.39, 0.29) is 12.0 Å². The number of hydrogen-bond acceptors (Lipinski definition) is 6. The first-order valence-corrected chi connectivity index (χ1v) is 7.43. The Morgan fingerprint density at radius 2 is 1.45 bits per heavy atom. The van der Waals surface area contributed by atoms with E-state index in [1.54, 1.807) is 0 Å². The van der Waals surface area contributed by atoms with Crippen LogP contribution >= 0.6 is 0 Å². The van der Waals surface area contributed by atoms with Gasteiger partial charge >= 0.3 is 11.9 Å². The van der Waals surface area contributed by atoms with Crippen molar-refractivity contribution < 1.29 is 43.0 Å². The molecule has 1 aromatic carbocycles. The van der Waals surface area contributed by atoms with Crippen molar-refractivity contribution in [2.75, 3.05) is 13.2 Å². The Kier molecular flexibility index (Phi) is 5.60. The molecule has 22 heavy (non-hydrogen) atoms. The van der Waals surface area contributed by atoms with E-state index in [4.69, 9.17) is 15.3 Å².